The van der Waals surface area contributed by atoms with Crippen LogP contribution in [0.4, 0.5) is 18.9 Å². The van der Waals surface area contributed by atoms with Gasteiger partial charge in [0.2, 0.25) is 0 Å². The molecule has 18 heavy (non-hydrogen) atoms. The molecular formula is C10H11ClF3NO3. The lowest BCUT2D eigenvalue weighted by atomic mass is 10.0. The second kappa shape index (κ2) is 5.64. The van der Waals surface area contributed by atoms with Crippen molar-refractivity contribution in [2.45, 2.75) is 18.6 Å². The van der Waals surface area contributed by atoms with E-state index in [1.807, 2.05) is 0 Å². The van der Waals surface area contributed by atoms with Crippen LogP contribution in [0.3, 0.4) is 0 Å². The van der Waals surface area contributed by atoms with E-state index in [0.29, 0.717) is 0 Å². The molecule has 8 heteroatoms. The highest BCUT2D eigenvalue weighted by atomic mass is 35.5. The number of aliphatic hydroxyl groups excluding tert-OH is 2. The molecular weight excluding hydrogens is 275 g/mol. The molecule has 0 spiro atoms. The summed E-state index contributed by atoms with van der Waals surface area (Å²) >= 11 is 5.34. The first-order valence-electron chi connectivity index (χ1n) is 4.82. The van der Waals surface area contributed by atoms with Crippen molar-refractivity contribution in [3.05, 3.63) is 23.8 Å². The van der Waals surface area contributed by atoms with Gasteiger partial charge in [0.05, 0.1) is 12.0 Å². The van der Waals surface area contributed by atoms with Gasteiger partial charge in [-0.1, -0.05) is 6.07 Å². The molecule has 0 amide bonds. The zero-order valence-electron chi connectivity index (χ0n) is 8.99. The van der Waals surface area contributed by atoms with Crippen molar-refractivity contribution < 1.29 is 28.1 Å². The maximum atomic E-state index is 11.9. The standard InChI is InChI=1S/C10H11ClF3NO3/c11-4-8(16)9(17)6-2-1-5(3-7(6)15)18-10(12,13)14/h1-3,8-9,16-17H,4,15H2. The Bertz CT molecular complexity index is 414. The summed E-state index contributed by atoms with van der Waals surface area (Å²) in [6.45, 7) is 0. The normalized spacial score (nSPS) is 15.2. The van der Waals surface area contributed by atoms with Crippen LogP contribution in [0, 0.1) is 0 Å². The van der Waals surface area contributed by atoms with Crippen LogP contribution in [0.25, 0.3) is 0 Å². The number of hydrogen-bond donors (Lipinski definition) is 3. The molecule has 1 aromatic carbocycles. The number of alkyl halides is 4. The number of aliphatic hydroxyl groups is 2. The van der Waals surface area contributed by atoms with E-state index in [1.54, 1.807) is 0 Å². The van der Waals surface area contributed by atoms with Crippen molar-refractivity contribution in [3.8, 4) is 5.75 Å². The fourth-order valence-electron chi connectivity index (χ4n) is 1.31. The number of hydrogen-bond acceptors (Lipinski definition) is 4. The van der Waals surface area contributed by atoms with Gasteiger partial charge in [0.15, 0.2) is 0 Å². The molecule has 0 aromatic heterocycles. The average Bonchev–Trinajstić information content (AvgIpc) is 2.25. The van der Waals surface area contributed by atoms with Crippen LogP contribution in [-0.4, -0.2) is 28.6 Å². The van der Waals surface area contributed by atoms with E-state index in [1.165, 1.54) is 0 Å². The molecule has 0 saturated carbocycles. The number of rotatable bonds is 4. The Kier molecular flexibility index (Phi) is 4.66. The molecule has 4 nitrogen and oxygen atoms in total. The Labute approximate surface area is 106 Å². The molecule has 0 bridgehead atoms. The molecule has 0 fully saturated rings. The minimum atomic E-state index is -4.82. The molecule has 0 radical (unpaired) electrons. The van der Waals surface area contributed by atoms with Gasteiger partial charge in [0, 0.05) is 17.3 Å². The van der Waals surface area contributed by atoms with E-state index in [2.05, 4.69) is 4.74 Å². The summed E-state index contributed by atoms with van der Waals surface area (Å²) in [5.74, 6) is -0.738. The van der Waals surface area contributed by atoms with Crippen LogP contribution >= 0.6 is 11.6 Å². The lowest BCUT2D eigenvalue weighted by molar-refractivity contribution is -0.274. The summed E-state index contributed by atoms with van der Waals surface area (Å²) in [5.41, 5.74) is 5.42. The van der Waals surface area contributed by atoms with Crippen molar-refractivity contribution in [1.82, 2.24) is 0 Å². The van der Waals surface area contributed by atoms with Gasteiger partial charge >= 0.3 is 6.36 Å². The summed E-state index contributed by atoms with van der Waals surface area (Å²) in [6.07, 6.45) is -7.45. The minimum Gasteiger partial charge on any atom is -0.406 e. The topological polar surface area (TPSA) is 75.7 Å². The minimum absolute atomic E-state index is 0.0812. The smallest absolute Gasteiger partial charge is 0.406 e. The Morgan fingerprint density at radius 2 is 1.94 bits per heavy atom. The summed E-state index contributed by atoms with van der Waals surface area (Å²) in [4.78, 5) is 0. The maximum Gasteiger partial charge on any atom is 0.573 e. The third kappa shape index (κ3) is 3.94. The molecule has 102 valence electrons. The molecule has 2 atom stereocenters. The number of benzene rings is 1. The van der Waals surface area contributed by atoms with Crippen LogP contribution in [0.5, 0.6) is 5.75 Å². The van der Waals surface area contributed by atoms with Crippen LogP contribution < -0.4 is 10.5 Å². The second-order valence-electron chi connectivity index (χ2n) is 3.51. The van der Waals surface area contributed by atoms with E-state index in [9.17, 15) is 23.4 Å². The molecule has 2 unspecified atom stereocenters. The van der Waals surface area contributed by atoms with Crippen molar-refractivity contribution in [2.24, 2.45) is 0 Å². The highest BCUT2D eigenvalue weighted by molar-refractivity contribution is 6.18. The predicted octanol–water partition coefficient (Wildman–Crippen LogP) is 1.80. The van der Waals surface area contributed by atoms with Crippen LogP contribution in [0.2, 0.25) is 0 Å². The monoisotopic (exact) mass is 285 g/mol. The Morgan fingerprint density at radius 1 is 1.33 bits per heavy atom. The molecule has 4 N–H and O–H groups in total. The number of ether oxygens (including phenoxy) is 1. The molecule has 0 aliphatic heterocycles. The van der Waals surface area contributed by atoms with Gasteiger partial charge in [0.1, 0.15) is 11.9 Å². The van der Waals surface area contributed by atoms with Crippen LogP contribution in [0.1, 0.15) is 11.7 Å². The Balaban J connectivity index is 2.92. The Morgan fingerprint density at radius 3 is 2.39 bits per heavy atom. The van der Waals surface area contributed by atoms with Gasteiger partial charge in [-0.05, 0) is 6.07 Å². The van der Waals surface area contributed by atoms with Crippen molar-refractivity contribution in [1.29, 1.82) is 0 Å². The van der Waals surface area contributed by atoms with Crippen molar-refractivity contribution in [3.63, 3.8) is 0 Å². The number of nitrogen functional groups attached to an aromatic ring is 1. The maximum absolute atomic E-state index is 11.9. The first kappa shape index (κ1) is 14.9. The van der Waals surface area contributed by atoms with Gasteiger partial charge in [-0.25, -0.2) is 0 Å². The number of nitrogens with two attached hydrogens (primary N) is 1. The molecule has 0 heterocycles. The summed E-state index contributed by atoms with van der Waals surface area (Å²) in [7, 11) is 0. The summed E-state index contributed by atoms with van der Waals surface area (Å²) in [6, 6.07) is 3.03. The third-order valence-corrected chi connectivity index (χ3v) is 2.45. The van der Waals surface area contributed by atoms with Gasteiger partial charge in [0.25, 0.3) is 0 Å². The number of anilines is 1. The van der Waals surface area contributed by atoms with Gasteiger partial charge in [-0.2, -0.15) is 0 Å². The zero-order valence-corrected chi connectivity index (χ0v) is 9.74. The van der Waals surface area contributed by atoms with Crippen molar-refractivity contribution in [2.75, 3.05) is 11.6 Å². The quantitative estimate of drug-likeness (QED) is 0.582. The molecule has 0 saturated heterocycles. The van der Waals surface area contributed by atoms with E-state index < -0.39 is 24.3 Å². The molecule has 1 rings (SSSR count). The highest BCUT2D eigenvalue weighted by Crippen LogP contribution is 2.30. The third-order valence-electron chi connectivity index (χ3n) is 2.13. The lowest BCUT2D eigenvalue weighted by Crippen LogP contribution is -2.21. The van der Waals surface area contributed by atoms with Crippen molar-refractivity contribution >= 4 is 17.3 Å². The molecule has 0 aliphatic rings. The fraction of sp³-hybridized carbons (Fsp3) is 0.400. The van der Waals surface area contributed by atoms with E-state index in [-0.39, 0.29) is 17.1 Å². The first-order valence-corrected chi connectivity index (χ1v) is 5.35. The van der Waals surface area contributed by atoms with Crippen LogP contribution in [-0.2, 0) is 0 Å². The van der Waals surface area contributed by atoms with E-state index in [0.717, 1.165) is 18.2 Å². The van der Waals surface area contributed by atoms with E-state index >= 15 is 0 Å². The SMILES string of the molecule is Nc1cc(OC(F)(F)F)ccc1C(O)C(O)CCl. The average molecular weight is 286 g/mol. The zero-order chi connectivity index (χ0) is 13.9. The molecule has 0 aliphatic carbocycles. The van der Waals surface area contributed by atoms with Gasteiger partial charge in [-0.3, -0.25) is 0 Å². The summed E-state index contributed by atoms with van der Waals surface area (Å²) < 4.78 is 39.5. The molecule has 1 aromatic rings. The van der Waals surface area contributed by atoms with Gasteiger partial charge < -0.3 is 20.7 Å². The lowest BCUT2D eigenvalue weighted by Gasteiger charge is -2.18. The predicted molar refractivity (Wildman–Crippen MR) is 59.2 cm³/mol. The summed E-state index contributed by atoms with van der Waals surface area (Å²) in [5, 5.41) is 18.9. The largest absolute Gasteiger partial charge is 0.573 e. The number of halogens is 4. The first-order chi connectivity index (χ1) is 8.24. The van der Waals surface area contributed by atoms with E-state index in [4.69, 9.17) is 17.3 Å². The van der Waals surface area contributed by atoms with Gasteiger partial charge in [-0.15, -0.1) is 24.8 Å². The van der Waals surface area contributed by atoms with Crippen LogP contribution in [0.15, 0.2) is 18.2 Å². The Hall–Kier alpha value is -1.18. The fourth-order valence-corrected chi connectivity index (χ4v) is 1.48. The highest BCUT2D eigenvalue weighted by Gasteiger charge is 2.31. The second-order valence-corrected chi connectivity index (χ2v) is 3.81.